The average molecular weight is 336 g/mol. The molecule has 0 aliphatic carbocycles. The topological polar surface area (TPSA) is 46.1 Å². The third-order valence-electron chi connectivity index (χ3n) is 5.11. The van der Waals surface area contributed by atoms with Crippen molar-refractivity contribution >= 4 is 0 Å². The normalized spacial score (nSPS) is 17.4. The van der Waals surface area contributed by atoms with Gasteiger partial charge in [-0.05, 0) is 30.7 Å². The third-order valence-corrected chi connectivity index (χ3v) is 5.11. The van der Waals surface area contributed by atoms with Crippen LogP contribution in [0.3, 0.4) is 0 Å². The van der Waals surface area contributed by atoms with E-state index in [1.165, 1.54) is 11.3 Å². The molecule has 1 atom stereocenters. The Morgan fingerprint density at radius 1 is 1.24 bits per heavy atom. The fourth-order valence-corrected chi connectivity index (χ4v) is 3.85. The number of H-pyrrole nitrogens is 1. The summed E-state index contributed by atoms with van der Waals surface area (Å²) in [6.45, 7) is 5.26. The molecule has 0 radical (unpaired) electrons. The van der Waals surface area contributed by atoms with E-state index in [2.05, 4.69) is 57.1 Å². The van der Waals surface area contributed by atoms with E-state index < -0.39 is 0 Å². The van der Waals surface area contributed by atoms with E-state index in [1.54, 1.807) is 7.11 Å². The monoisotopic (exact) mass is 336 g/mol. The molecule has 3 heterocycles. The lowest BCUT2D eigenvalue weighted by molar-refractivity contribution is 0.144. The van der Waals surface area contributed by atoms with Gasteiger partial charge in [-0.25, -0.2) is 0 Å². The van der Waals surface area contributed by atoms with E-state index in [9.17, 15) is 0 Å². The number of benzene rings is 1. The van der Waals surface area contributed by atoms with Crippen molar-refractivity contribution in [2.45, 2.75) is 32.5 Å². The molecule has 1 aromatic carbocycles. The lowest BCUT2D eigenvalue weighted by Gasteiger charge is -2.36. The second-order valence-electron chi connectivity index (χ2n) is 6.52. The minimum absolute atomic E-state index is 0.455. The van der Waals surface area contributed by atoms with Crippen molar-refractivity contribution in [3.8, 4) is 17.0 Å². The van der Waals surface area contributed by atoms with Crippen LogP contribution in [0, 0.1) is 0 Å². The number of nitrogens with one attached hydrogen (secondary N) is 1. The van der Waals surface area contributed by atoms with Crippen LogP contribution in [0.25, 0.3) is 11.3 Å². The van der Waals surface area contributed by atoms with Crippen molar-refractivity contribution in [1.82, 2.24) is 19.7 Å². The first-order valence-electron chi connectivity index (χ1n) is 8.86. The molecule has 1 aliphatic rings. The van der Waals surface area contributed by atoms with Gasteiger partial charge in [-0.3, -0.25) is 10.00 Å². The molecule has 0 amide bonds. The Hall–Kier alpha value is -2.53. The summed E-state index contributed by atoms with van der Waals surface area (Å²) in [5.74, 6) is 0.861. The summed E-state index contributed by atoms with van der Waals surface area (Å²) < 4.78 is 7.74. The molecule has 3 aromatic rings. The van der Waals surface area contributed by atoms with E-state index in [-0.39, 0.29) is 0 Å². The van der Waals surface area contributed by atoms with Gasteiger partial charge in [-0.15, -0.1) is 0 Å². The Kier molecular flexibility index (Phi) is 4.32. The van der Waals surface area contributed by atoms with Crippen LogP contribution in [-0.4, -0.2) is 33.3 Å². The fourth-order valence-electron chi connectivity index (χ4n) is 3.85. The minimum atomic E-state index is 0.455. The first kappa shape index (κ1) is 16.0. The van der Waals surface area contributed by atoms with Gasteiger partial charge in [0.2, 0.25) is 0 Å². The smallest absolute Gasteiger partial charge is 0.119 e. The number of hydrogen-bond acceptors (Lipinski definition) is 3. The van der Waals surface area contributed by atoms with Crippen LogP contribution < -0.4 is 4.74 Å². The summed E-state index contributed by atoms with van der Waals surface area (Å²) in [6.07, 6.45) is 5.25. The quantitative estimate of drug-likeness (QED) is 0.770. The predicted molar refractivity (Wildman–Crippen MR) is 98.4 cm³/mol. The Morgan fingerprint density at radius 2 is 2.16 bits per heavy atom. The second kappa shape index (κ2) is 6.76. The van der Waals surface area contributed by atoms with Crippen molar-refractivity contribution in [3.05, 3.63) is 60.0 Å². The maximum Gasteiger partial charge on any atom is 0.119 e. The van der Waals surface area contributed by atoms with Crippen LogP contribution >= 0.6 is 0 Å². The maximum atomic E-state index is 5.36. The molecule has 1 aliphatic heterocycles. The van der Waals surface area contributed by atoms with Crippen molar-refractivity contribution in [3.63, 3.8) is 0 Å². The minimum Gasteiger partial charge on any atom is -0.497 e. The molecule has 2 aromatic heterocycles. The zero-order valence-electron chi connectivity index (χ0n) is 14.8. The van der Waals surface area contributed by atoms with Crippen LogP contribution in [0.15, 0.2) is 48.8 Å². The highest BCUT2D eigenvalue weighted by molar-refractivity contribution is 5.64. The SMILES string of the molecule is CC[C@@H]1c2cccn2CCN1Cc1cn[nH]c1-c1cccc(OC)c1. The summed E-state index contributed by atoms with van der Waals surface area (Å²) in [5, 5.41) is 7.48. The molecular weight excluding hydrogens is 312 g/mol. The van der Waals surface area contributed by atoms with Gasteiger partial charge in [0.25, 0.3) is 0 Å². The Morgan fingerprint density at radius 3 is 3.00 bits per heavy atom. The van der Waals surface area contributed by atoms with Gasteiger partial charge in [0, 0.05) is 42.7 Å². The van der Waals surface area contributed by atoms with Crippen molar-refractivity contribution in [1.29, 1.82) is 0 Å². The highest BCUT2D eigenvalue weighted by Crippen LogP contribution is 2.32. The summed E-state index contributed by atoms with van der Waals surface area (Å²) in [6, 6.07) is 13.0. The fraction of sp³-hybridized carbons (Fsp3) is 0.350. The van der Waals surface area contributed by atoms with Gasteiger partial charge in [0.1, 0.15) is 5.75 Å². The molecule has 0 fully saturated rings. The zero-order chi connectivity index (χ0) is 17.2. The zero-order valence-corrected chi connectivity index (χ0v) is 14.8. The molecule has 4 rings (SSSR count). The summed E-state index contributed by atoms with van der Waals surface area (Å²) in [5.41, 5.74) is 4.84. The third kappa shape index (κ3) is 2.96. The Bertz CT molecular complexity index is 851. The molecule has 0 unspecified atom stereocenters. The van der Waals surface area contributed by atoms with E-state index >= 15 is 0 Å². The first-order chi connectivity index (χ1) is 12.3. The van der Waals surface area contributed by atoms with Crippen molar-refractivity contribution < 1.29 is 4.74 Å². The molecule has 25 heavy (non-hydrogen) atoms. The van der Waals surface area contributed by atoms with E-state index in [4.69, 9.17) is 4.74 Å². The molecule has 0 bridgehead atoms. The van der Waals surface area contributed by atoms with Crippen molar-refractivity contribution in [2.75, 3.05) is 13.7 Å². The molecule has 0 saturated carbocycles. The molecule has 5 heteroatoms. The first-order valence-corrected chi connectivity index (χ1v) is 8.86. The van der Waals surface area contributed by atoms with Gasteiger partial charge < -0.3 is 9.30 Å². The maximum absolute atomic E-state index is 5.36. The van der Waals surface area contributed by atoms with Gasteiger partial charge >= 0.3 is 0 Å². The molecule has 0 spiro atoms. The second-order valence-corrected chi connectivity index (χ2v) is 6.52. The number of methoxy groups -OCH3 is 1. The van der Waals surface area contributed by atoms with E-state index in [0.29, 0.717) is 6.04 Å². The summed E-state index contributed by atoms with van der Waals surface area (Å²) >= 11 is 0. The Labute approximate surface area is 148 Å². The molecule has 1 N–H and O–H groups in total. The molecule has 0 saturated heterocycles. The van der Waals surface area contributed by atoms with Crippen LogP contribution in [0.5, 0.6) is 5.75 Å². The molecule has 130 valence electrons. The highest BCUT2D eigenvalue weighted by atomic mass is 16.5. The largest absolute Gasteiger partial charge is 0.497 e. The lowest BCUT2D eigenvalue weighted by Crippen LogP contribution is -2.37. The van der Waals surface area contributed by atoms with Crippen LogP contribution in [0.1, 0.15) is 30.6 Å². The number of fused-ring (bicyclic) bond motifs is 1. The van der Waals surface area contributed by atoms with Gasteiger partial charge in [-0.1, -0.05) is 19.1 Å². The predicted octanol–water partition coefficient (Wildman–Crippen LogP) is 3.85. The molecular formula is C20H24N4O. The summed E-state index contributed by atoms with van der Waals surface area (Å²) in [7, 11) is 1.70. The number of ether oxygens (including phenoxy) is 1. The lowest BCUT2D eigenvalue weighted by atomic mass is 10.0. The molecule has 5 nitrogen and oxygen atoms in total. The van der Waals surface area contributed by atoms with Crippen LogP contribution in [0.4, 0.5) is 0 Å². The standard InChI is InChI=1S/C20H24N4O/c1-3-18-19-8-5-9-23(19)10-11-24(18)14-16-13-21-22-20(16)15-6-4-7-17(12-15)25-2/h4-9,12-13,18H,3,10-11,14H2,1-2H3,(H,21,22)/t18-/m1/s1. The van der Waals surface area contributed by atoms with Gasteiger partial charge in [0.15, 0.2) is 0 Å². The van der Waals surface area contributed by atoms with E-state index in [1.807, 2.05) is 18.3 Å². The Balaban J connectivity index is 1.61. The van der Waals surface area contributed by atoms with Crippen LogP contribution in [-0.2, 0) is 13.1 Å². The number of hydrogen-bond donors (Lipinski definition) is 1. The van der Waals surface area contributed by atoms with E-state index in [0.717, 1.165) is 43.1 Å². The highest BCUT2D eigenvalue weighted by Gasteiger charge is 2.26. The van der Waals surface area contributed by atoms with Gasteiger partial charge in [-0.2, -0.15) is 5.10 Å². The number of rotatable bonds is 5. The summed E-state index contributed by atoms with van der Waals surface area (Å²) in [4.78, 5) is 2.56. The average Bonchev–Trinajstić information content (AvgIpc) is 3.31. The number of nitrogens with zero attached hydrogens (tertiary/aromatic N) is 3. The van der Waals surface area contributed by atoms with Gasteiger partial charge in [0.05, 0.1) is 25.0 Å². The van der Waals surface area contributed by atoms with Crippen LogP contribution in [0.2, 0.25) is 0 Å². The van der Waals surface area contributed by atoms with Crippen molar-refractivity contribution in [2.24, 2.45) is 0 Å². The number of aromatic nitrogens is 3. The number of aromatic amines is 1.